The predicted molar refractivity (Wildman–Crippen MR) is 125 cm³/mol. The average Bonchev–Trinajstić information content (AvgIpc) is 3.11. The van der Waals surface area contributed by atoms with Crippen LogP contribution < -0.4 is 4.90 Å². The molecule has 168 valence electrons. The number of amides is 2. The van der Waals surface area contributed by atoms with Crippen LogP contribution in [0.3, 0.4) is 0 Å². The van der Waals surface area contributed by atoms with Crippen molar-refractivity contribution >= 4 is 17.5 Å². The molecule has 0 bridgehead atoms. The molecule has 3 aliphatic rings. The largest absolute Gasteiger partial charge is 0.340 e. The predicted octanol–water partition coefficient (Wildman–Crippen LogP) is 3.96. The van der Waals surface area contributed by atoms with Crippen LogP contribution in [0.15, 0.2) is 42.6 Å². The molecule has 2 amide bonds. The summed E-state index contributed by atoms with van der Waals surface area (Å²) in [4.78, 5) is 37.4. The van der Waals surface area contributed by atoms with Gasteiger partial charge >= 0.3 is 0 Å². The zero-order chi connectivity index (χ0) is 22.1. The molecule has 1 atom stereocenters. The molecule has 0 radical (unpaired) electrons. The van der Waals surface area contributed by atoms with Gasteiger partial charge in [0.25, 0.3) is 5.91 Å². The number of piperazine rings is 1. The van der Waals surface area contributed by atoms with Gasteiger partial charge in [0.15, 0.2) is 0 Å². The van der Waals surface area contributed by atoms with Gasteiger partial charge in [-0.15, -0.1) is 0 Å². The van der Waals surface area contributed by atoms with E-state index in [0.717, 1.165) is 37.4 Å². The Hall–Kier alpha value is -2.73. The minimum atomic E-state index is -0.357. The van der Waals surface area contributed by atoms with Crippen molar-refractivity contribution in [1.29, 1.82) is 0 Å². The third-order valence-corrected chi connectivity index (χ3v) is 7.32. The first-order valence-corrected chi connectivity index (χ1v) is 12.0. The minimum Gasteiger partial charge on any atom is -0.340 e. The van der Waals surface area contributed by atoms with Gasteiger partial charge in [0.1, 0.15) is 0 Å². The van der Waals surface area contributed by atoms with E-state index in [1.54, 1.807) is 17.2 Å². The third-order valence-electron chi connectivity index (χ3n) is 7.32. The average molecular weight is 433 g/mol. The van der Waals surface area contributed by atoms with Gasteiger partial charge in [-0.2, -0.15) is 0 Å². The lowest BCUT2D eigenvalue weighted by atomic mass is 9.94. The van der Waals surface area contributed by atoms with E-state index < -0.39 is 0 Å². The summed E-state index contributed by atoms with van der Waals surface area (Å²) in [5, 5.41) is 0. The molecular weight excluding hydrogens is 400 g/mol. The summed E-state index contributed by atoms with van der Waals surface area (Å²) >= 11 is 0. The van der Waals surface area contributed by atoms with Gasteiger partial charge in [-0.3, -0.25) is 24.4 Å². The number of hydrogen-bond donors (Lipinski definition) is 0. The SMILES string of the molecule is Cc1cccc(N2C(=O)c3cccnc3[C@@H]2CC(=O)N2CCN(C3CCCCC3)CC2)c1. The lowest BCUT2D eigenvalue weighted by molar-refractivity contribution is -0.133. The Bertz CT molecular complexity index is 993. The first-order valence-electron chi connectivity index (χ1n) is 12.0. The highest BCUT2D eigenvalue weighted by atomic mass is 16.2. The lowest BCUT2D eigenvalue weighted by Crippen LogP contribution is -2.52. The van der Waals surface area contributed by atoms with E-state index >= 15 is 0 Å². The number of fused-ring (bicyclic) bond motifs is 1. The molecule has 0 spiro atoms. The molecule has 1 aromatic carbocycles. The molecule has 1 aromatic heterocycles. The highest BCUT2D eigenvalue weighted by Crippen LogP contribution is 2.39. The van der Waals surface area contributed by atoms with Crippen molar-refractivity contribution in [2.75, 3.05) is 31.1 Å². The number of aromatic nitrogens is 1. The monoisotopic (exact) mass is 432 g/mol. The fourth-order valence-electron chi connectivity index (χ4n) is 5.60. The maximum atomic E-state index is 13.3. The molecule has 2 fully saturated rings. The molecule has 6 nitrogen and oxygen atoms in total. The lowest BCUT2D eigenvalue weighted by Gasteiger charge is -2.41. The van der Waals surface area contributed by atoms with Crippen LogP contribution in [0.5, 0.6) is 0 Å². The maximum absolute atomic E-state index is 13.3. The van der Waals surface area contributed by atoms with Crippen LogP contribution in [-0.2, 0) is 4.79 Å². The van der Waals surface area contributed by atoms with Gasteiger partial charge in [0, 0.05) is 44.1 Å². The Morgan fingerprint density at radius 2 is 1.81 bits per heavy atom. The quantitative estimate of drug-likeness (QED) is 0.734. The summed E-state index contributed by atoms with van der Waals surface area (Å²) in [6.45, 7) is 5.47. The Balaban J connectivity index is 1.31. The standard InChI is InChI=1S/C26H32N4O2/c1-19-7-5-10-21(17-19)30-23(25-22(26(30)32)11-6-12-27-25)18-24(31)29-15-13-28(14-16-29)20-8-3-2-4-9-20/h5-7,10-12,17,20,23H,2-4,8-9,13-16,18H2,1H3/t23-/m0/s1. The fraction of sp³-hybridized carbons (Fsp3) is 0.500. The van der Waals surface area contributed by atoms with E-state index in [1.807, 2.05) is 42.2 Å². The molecule has 3 heterocycles. The Kier molecular flexibility index (Phi) is 5.96. The number of carbonyl (C=O) groups excluding carboxylic acids is 2. The maximum Gasteiger partial charge on any atom is 0.260 e. The Morgan fingerprint density at radius 3 is 2.56 bits per heavy atom. The van der Waals surface area contributed by atoms with Crippen molar-refractivity contribution < 1.29 is 9.59 Å². The smallest absolute Gasteiger partial charge is 0.260 e. The summed E-state index contributed by atoms with van der Waals surface area (Å²) in [7, 11) is 0. The van der Waals surface area contributed by atoms with Gasteiger partial charge in [0.05, 0.1) is 23.7 Å². The second-order valence-corrected chi connectivity index (χ2v) is 9.38. The van der Waals surface area contributed by atoms with Crippen molar-refractivity contribution in [2.24, 2.45) is 0 Å². The van der Waals surface area contributed by atoms with Gasteiger partial charge in [-0.05, 0) is 49.6 Å². The van der Waals surface area contributed by atoms with Crippen LogP contribution in [0.2, 0.25) is 0 Å². The second kappa shape index (κ2) is 9.02. The molecule has 32 heavy (non-hydrogen) atoms. The molecule has 1 saturated heterocycles. The van der Waals surface area contributed by atoms with E-state index in [2.05, 4.69) is 9.88 Å². The van der Waals surface area contributed by atoms with Crippen LogP contribution in [0, 0.1) is 6.92 Å². The van der Waals surface area contributed by atoms with E-state index in [9.17, 15) is 9.59 Å². The number of aryl methyl sites for hydroxylation is 1. The minimum absolute atomic E-state index is 0.0707. The third kappa shape index (κ3) is 4.04. The zero-order valence-electron chi connectivity index (χ0n) is 18.9. The van der Waals surface area contributed by atoms with Crippen molar-refractivity contribution in [3.8, 4) is 0 Å². The number of carbonyl (C=O) groups is 2. The number of hydrogen-bond acceptors (Lipinski definition) is 4. The van der Waals surface area contributed by atoms with E-state index in [0.29, 0.717) is 17.3 Å². The molecule has 2 aromatic rings. The van der Waals surface area contributed by atoms with Gasteiger partial charge in [-0.25, -0.2) is 0 Å². The molecule has 5 rings (SSSR count). The number of benzene rings is 1. The van der Waals surface area contributed by atoms with Gasteiger partial charge in [0.2, 0.25) is 5.91 Å². The zero-order valence-corrected chi connectivity index (χ0v) is 18.9. The van der Waals surface area contributed by atoms with E-state index in [4.69, 9.17) is 0 Å². The van der Waals surface area contributed by atoms with Crippen LogP contribution in [0.1, 0.15) is 66.2 Å². The molecule has 0 N–H and O–H groups in total. The first-order chi connectivity index (χ1) is 15.6. The number of rotatable bonds is 4. The second-order valence-electron chi connectivity index (χ2n) is 9.38. The molecular formula is C26H32N4O2. The number of anilines is 1. The number of pyridine rings is 1. The number of nitrogens with zero attached hydrogens (tertiary/aromatic N) is 4. The van der Waals surface area contributed by atoms with Crippen molar-refractivity contribution in [3.05, 3.63) is 59.4 Å². The summed E-state index contributed by atoms with van der Waals surface area (Å²) in [6, 6.07) is 11.9. The fourth-order valence-corrected chi connectivity index (χ4v) is 5.60. The van der Waals surface area contributed by atoms with Crippen LogP contribution >= 0.6 is 0 Å². The van der Waals surface area contributed by atoms with Crippen molar-refractivity contribution in [1.82, 2.24) is 14.8 Å². The normalized spacial score (nSPS) is 22.3. The molecule has 1 saturated carbocycles. The van der Waals surface area contributed by atoms with Gasteiger partial charge < -0.3 is 4.90 Å². The molecule has 1 aliphatic carbocycles. The van der Waals surface area contributed by atoms with Gasteiger partial charge in [-0.1, -0.05) is 31.4 Å². The first kappa shape index (κ1) is 21.1. The van der Waals surface area contributed by atoms with Crippen LogP contribution in [0.4, 0.5) is 5.69 Å². The summed E-state index contributed by atoms with van der Waals surface area (Å²) in [6.07, 6.45) is 8.61. The summed E-state index contributed by atoms with van der Waals surface area (Å²) < 4.78 is 0. The topological polar surface area (TPSA) is 56.8 Å². The van der Waals surface area contributed by atoms with Crippen molar-refractivity contribution in [2.45, 2.75) is 57.5 Å². The Labute approximate surface area is 190 Å². The summed E-state index contributed by atoms with van der Waals surface area (Å²) in [5.74, 6) is 0.0425. The Morgan fingerprint density at radius 1 is 1.03 bits per heavy atom. The highest BCUT2D eigenvalue weighted by Gasteiger charge is 2.41. The van der Waals surface area contributed by atoms with E-state index in [-0.39, 0.29) is 24.3 Å². The molecule has 2 aliphatic heterocycles. The molecule has 0 unspecified atom stereocenters. The molecule has 6 heteroatoms. The highest BCUT2D eigenvalue weighted by molar-refractivity contribution is 6.11. The van der Waals surface area contributed by atoms with Crippen molar-refractivity contribution in [3.63, 3.8) is 0 Å². The van der Waals surface area contributed by atoms with Crippen LogP contribution in [0.25, 0.3) is 0 Å². The van der Waals surface area contributed by atoms with E-state index in [1.165, 1.54) is 32.1 Å². The summed E-state index contributed by atoms with van der Waals surface area (Å²) in [5.41, 5.74) is 3.23. The van der Waals surface area contributed by atoms with Crippen LogP contribution in [-0.4, -0.2) is 58.8 Å².